The Morgan fingerprint density at radius 1 is 1.19 bits per heavy atom. The van der Waals surface area contributed by atoms with E-state index in [1.54, 1.807) is 12.1 Å². The van der Waals surface area contributed by atoms with Crippen molar-refractivity contribution >= 4 is 28.3 Å². The number of carbonyl (C=O) groups excluding carboxylic acids is 2. The third kappa shape index (κ3) is 6.09. The second kappa shape index (κ2) is 10.1. The maximum absolute atomic E-state index is 13.0. The summed E-state index contributed by atoms with van der Waals surface area (Å²) in [5.41, 5.74) is 0.723. The number of halogens is 1. The summed E-state index contributed by atoms with van der Waals surface area (Å²) in [4.78, 5) is 24.7. The fourth-order valence-corrected chi connectivity index (χ4v) is 3.20. The van der Waals surface area contributed by atoms with E-state index in [9.17, 15) is 14.0 Å². The van der Waals surface area contributed by atoms with E-state index in [0.717, 1.165) is 24.8 Å². The lowest BCUT2D eigenvalue weighted by Crippen LogP contribution is -2.47. The molecule has 0 bridgehead atoms. The van der Waals surface area contributed by atoms with Gasteiger partial charge in [-0.05, 0) is 36.6 Å². The number of aromatic nitrogens is 2. The molecule has 8 heteroatoms. The topological polar surface area (TPSA) is 84.0 Å². The Hall–Kier alpha value is -2.35. The number of amides is 2. The second-order valence-corrected chi connectivity index (χ2v) is 7.42. The minimum Gasteiger partial charge on any atom is -0.344 e. The SMILES string of the molecule is CCCCC(=O)N[C@@H](C(=O)Nc1nnc(-c2ccc(F)cc2)s1)[C@@H](C)CC. The number of benzene rings is 1. The number of nitrogens with one attached hydrogen (secondary N) is 2. The van der Waals surface area contributed by atoms with E-state index in [-0.39, 0.29) is 23.5 Å². The molecule has 2 aromatic rings. The average Bonchev–Trinajstić information content (AvgIpc) is 3.12. The molecule has 0 unspecified atom stereocenters. The molecule has 0 aliphatic rings. The Bertz CT molecular complexity index is 763. The minimum atomic E-state index is -0.627. The summed E-state index contributed by atoms with van der Waals surface area (Å²) < 4.78 is 13.0. The van der Waals surface area contributed by atoms with E-state index in [1.165, 1.54) is 23.5 Å². The van der Waals surface area contributed by atoms with Gasteiger partial charge < -0.3 is 5.32 Å². The standard InChI is InChI=1S/C19H25FN4O2S/c1-4-6-7-15(25)21-16(12(3)5-2)17(26)22-19-24-23-18(27-19)13-8-10-14(20)11-9-13/h8-12,16H,4-7H2,1-3H3,(H,21,25)(H,22,24,26)/t12-,16+/m0/s1. The molecule has 2 rings (SSSR count). The molecule has 0 spiro atoms. The van der Waals surface area contributed by atoms with Gasteiger partial charge in [0.2, 0.25) is 16.9 Å². The predicted molar refractivity (Wildman–Crippen MR) is 105 cm³/mol. The fourth-order valence-electron chi connectivity index (χ4n) is 2.45. The van der Waals surface area contributed by atoms with Gasteiger partial charge in [0.05, 0.1) is 0 Å². The molecule has 2 atom stereocenters. The maximum atomic E-state index is 13.0. The van der Waals surface area contributed by atoms with E-state index < -0.39 is 6.04 Å². The van der Waals surface area contributed by atoms with E-state index >= 15 is 0 Å². The molecule has 27 heavy (non-hydrogen) atoms. The highest BCUT2D eigenvalue weighted by Gasteiger charge is 2.26. The Labute approximate surface area is 162 Å². The second-order valence-electron chi connectivity index (χ2n) is 6.44. The molecular weight excluding hydrogens is 367 g/mol. The number of unbranched alkanes of at least 4 members (excludes halogenated alkanes) is 1. The van der Waals surface area contributed by atoms with Crippen LogP contribution in [0.1, 0.15) is 46.5 Å². The van der Waals surface area contributed by atoms with Crippen molar-refractivity contribution in [3.05, 3.63) is 30.1 Å². The molecule has 2 N–H and O–H groups in total. The molecule has 6 nitrogen and oxygen atoms in total. The lowest BCUT2D eigenvalue weighted by Gasteiger charge is -2.22. The molecular formula is C19H25FN4O2S. The van der Waals surface area contributed by atoms with E-state index in [4.69, 9.17) is 0 Å². The smallest absolute Gasteiger partial charge is 0.249 e. The quantitative estimate of drug-likeness (QED) is 0.675. The Morgan fingerprint density at radius 3 is 2.52 bits per heavy atom. The number of hydrogen-bond donors (Lipinski definition) is 2. The summed E-state index contributed by atoms with van der Waals surface area (Å²) in [7, 11) is 0. The summed E-state index contributed by atoms with van der Waals surface area (Å²) in [6.07, 6.45) is 2.87. The lowest BCUT2D eigenvalue weighted by molar-refractivity contribution is -0.127. The van der Waals surface area contributed by atoms with Gasteiger partial charge in [-0.2, -0.15) is 0 Å². The van der Waals surface area contributed by atoms with Crippen LogP contribution in [-0.2, 0) is 9.59 Å². The van der Waals surface area contributed by atoms with Gasteiger partial charge in [-0.3, -0.25) is 14.9 Å². The first-order valence-electron chi connectivity index (χ1n) is 9.14. The van der Waals surface area contributed by atoms with Gasteiger partial charge in [-0.25, -0.2) is 4.39 Å². The van der Waals surface area contributed by atoms with Gasteiger partial charge in [0.25, 0.3) is 0 Å². The van der Waals surface area contributed by atoms with Crippen LogP contribution in [0, 0.1) is 11.7 Å². The van der Waals surface area contributed by atoms with Crippen LogP contribution in [0.15, 0.2) is 24.3 Å². The third-order valence-electron chi connectivity index (χ3n) is 4.32. The van der Waals surface area contributed by atoms with Crippen molar-refractivity contribution in [3.63, 3.8) is 0 Å². The summed E-state index contributed by atoms with van der Waals surface area (Å²) >= 11 is 1.20. The van der Waals surface area contributed by atoms with Crippen molar-refractivity contribution in [2.24, 2.45) is 5.92 Å². The third-order valence-corrected chi connectivity index (χ3v) is 5.20. The van der Waals surface area contributed by atoms with Gasteiger partial charge in [-0.15, -0.1) is 10.2 Å². The normalized spacial score (nSPS) is 13.0. The lowest BCUT2D eigenvalue weighted by atomic mass is 9.98. The van der Waals surface area contributed by atoms with Crippen LogP contribution in [0.5, 0.6) is 0 Å². The first kappa shape index (κ1) is 21.0. The molecule has 1 aromatic carbocycles. The van der Waals surface area contributed by atoms with E-state index in [2.05, 4.69) is 20.8 Å². The molecule has 0 aliphatic heterocycles. The number of nitrogens with zero attached hydrogens (tertiary/aromatic N) is 2. The zero-order valence-electron chi connectivity index (χ0n) is 15.8. The van der Waals surface area contributed by atoms with Crippen LogP contribution in [0.25, 0.3) is 10.6 Å². The summed E-state index contributed by atoms with van der Waals surface area (Å²) in [6.45, 7) is 5.91. The van der Waals surface area contributed by atoms with Gasteiger partial charge in [0, 0.05) is 12.0 Å². The van der Waals surface area contributed by atoms with Crippen LogP contribution in [0.4, 0.5) is 9.52 Å². The van der Waals surface area contributed by atoms with Gasteiger partial charge >= 0.3 is 0 Å². The molecule has 146 valence electrons. The first-order valence-corrected chi connectivity index (χ1v) is 9.95. The minimum absolute atomic E-state index is 0.0138. The highest BCUT2D eigenvalue weighted by atomic mass is 32.1. The van der Waals surface area contributed by atoms with Crippen molar-refractivity contribution in [1.29, 1.82) is 0 Å². The monoisotopic (exact) mass is 392 g/mol. The molecule has 1 aromatic heterocycles. The van der Waals surface area contributed by atoms with E-state index in [0.29, 0.717) is 16.6 Å². The molecule has 1 heterocycles. The van der Waals surface area contributed by atoms with Crippen LogP contribution in [0.3, 0.4) is 0 Å². The molecule has 0 radical (unpaired) electrons. The molecule has 0 fully saturated rings. The van der Waals surface area contributed by atoms with Gasteiger partial charge in [0.1, 0.15) is 16.9 Å². The predicted octanol–water partition coefficient (Wildman–Crippen LogP) is 4.00. The molecule has 0 aliphatic carbocycles. The van der Waals surface area contributed by atoms with Gasteiger partial charge in [0.15, 0.2) is 0 Å². The van der Waals surface area contributed by atoms with Crippen molar-refractivity contribution < 1.29 is 14.0 Å². The summed E-state index contributed by atoms with van der Waals surface area (Å²) in [6, 6.07) is 5.28. The zero-order valence-corrected chi connectivity index (χ0v) is 16.6. The largest absolute Gasteiger partial charge is 0.344 e. The fraction of sp³-hybridized carbons (Fsp3) is 0.474. The Kier molecular flexibility index (Phi) is 7.84. The first-order chi connectivity index (χ1) is 12.9. The average molecular weight is 393 g/mol. The van der Waals surface area contributed by atoms with Crippen molar-refractivity contribution in [2.75, 3.05) is 5.32 Å². The highest BCUT2D eigenvalue weighted by molar-refractivity contribution is 7.18. The molecule has 2 amide bonds. The van der Waals surface area contributed by atoms with Crippen LogP contribution >= 0.6 is 11.3 Å². The summed E-state index contributed by atoms with van der Waals surface area (Å²) in [5.74, 6) is -0.773. The van der Waals surface area contributed by atoms with E-state index in [1.807, 2.05) is 20.8 Å². The molecule has 0 saturated carbocycles. The number of anilines is 1. The summed E-state index contributed by atoms with van der Waals surface area (Å²) in [5, 5.41) is 14.5. The number of hydrogen-bond acceptors (Lipinski definition) is 5. The van der Waals surface area contributed by atoms with Crippen molar-refractivity contribution in [1.82, 2.24) is 15.5 Å². The maximum Gasteiger partial charge on any atom is 0.249 e. The van der Waals surface area contributed by atoms with Crippen LogP contribution in [0.2, 0.25) is 0 Å². The van der Waals surface area contributed by atoms with Crippen LogP contribution < -0.4 is 10.6 Å². The Morgan fingerprint density at radius 2 is 1.89 bits per heavy atom. The molecule has 0 saturated heterocycles. The number of carbonyl (C=O) groups is 2. The van der Waals surface area contributed by atoms with Crippen LogP contribution in [-0.4, -0.2) is 28.1 Å². The zero-order chi connectivity index (χ0) is 19.8. The Balaban J connectivity index is 2.05. The highest BCUT2D eigenvalue weighted by Crippen LogP contribution is 2.26. The van der Waals surface area contributed by atoms with Crippen molar-refractivity contribution in [2.45, 2.75) is 52.5 Å². The van der Waals surface area contributed by atoms with Gasteiger partial charge in [-0.1, -0.05) is 44.9 Å². The van der Waals surface area contributed by atoms with Crippen molar-refractivity contribution in [3.8, 4) is 10.6 Å². The number of rotatable bonds is 9.